The van der Waals surface area contributed by atoms with E-state index in [-0.39, 0.29) is 5.91 Å². The first-order valence-corrected chi connectivity index (χ1v) is 8.78. The highest BCUT2D eigenvalue weighted by Gasteiger charge is 2.14. The summed E-state index contributed by atoms with van der Waals surface area (Å²) in [6, 6.07) is 21.6. The molecule has 5 aromatic rings. The molecule has 0 saturated heterocycles. The van der Waals surface area contributed by atoms with Crippen molar-refractivity contribution in [1.29, 1.82) is 0 Å². The molecule has 0 aliphatic heterocycles. The Labute approximate surface area is 155 Å². The zero-order valence-electron chi connectivity index (χ0n) is 14.4. The van der Waals surface area contributed by atoms with Crippen molar-refractivity contribution in [3.8, 4) is 0 Å². The second kappa shape index (κ2) is 6.21. The molecule has 0 fully saturated rings. The molecule has 130 valence electrons. The molecule has 27 heavy (non-hydrogen) atoms. The van der Waals surface area contributed by atoms with Crippen molar-refractivity contribution in [3.05, 3.63) is 84.3 Å². The third-order valence-electron chi connectivity index (χ3n) is 4.71. The minimum Gasteiger partial charge on any atom is -0.345 e. The molecule has 5 heteroatoms. The largest absolute Gasteiger partial charge is 0.345 e. The minimum absolute atomic E-state index is 0.162. The summed E-state index contributed by atoms with van der Waals surface area (Å²) >= 11 is 0. The van der Waals surface area contributed by atoms with E-state index in [1.165, 1.54) is 0 Å². The number of imidazole rings is 1. The molecule has 0 aliphatic carbocycles. The number of H-pyrrole nitrogens is 1. The monoisotopic (exact) mass is 352 g/mol. The van der Waals surface area contributed by atoms with Gasteiger partial charge in [-0.1, -0.05) is 42.5 Å². The topological polar surface area (TPSA) is 70.7 Å². The van der Waals surface area contributed by atoms with Gasteiger partial charge in [-0.3, -0.25) is 9.78 Å². The van der Waals surface area contributed by atoms with E-state index in [2.05, 4.69) is 26.3 Å². The molecule has 0 saturated carbocycles. The number of rotatable bonds is 3. The number of aromatic amines is 1. The van der Waals surface area contributed by atoms with Gasteiger partial charge < -0.3 is 10.3 Å². The van der Waals surface area contributed by atoms with Crippen LogP contribution in [0.5, 0.6) is 0 Å². The van der Waals surface area contributed by atoms with Gasteiger partial charge in [0.25, 0.3) is 5.91 Å². The van der Waals surface area contributed by atoms with Crippen LogP contribution in [-0.2, 0) is 6.54 Å². The Bertz CT molecular complexity index is 1270. The van der Waals surface area contributed by atoms with Gasteiger partial charge in [-0.15, -0.1) is 0 Å². The Balaban J connectivity index is 1.51. The molecule has 5 rings (SSSR count). The van der Waals surface area contributed by atoms with Crippen LogP contribution >= 0.6 is 0 Å². The third-order valence-corrected chi connectivity index (χ3v) is 4.71. The number of nitrogens with zero attached hydrogens (tertiary/aromatic N) is 2. The third kappa shape index (κ3) is 2.69. The smallest absolute Gasteiger partial charge is 0.253 e. The predicted molar refractivity (Wildman–Crippen MR) is 107 cm³/mol. The van der Waals surface area contributed by atoms with Crippen LogP contribution in [0.4, 0.5) is 0 Å². The van der Waals surface area contributed by atoms with Gasteiger partial charge in [0.05, 0.1) is 28.7 Å². The summed E-state index contributed by atoms with van der Waals surface area (Å²) in [6.45, 7) is 0.328. The molecule has 1 amide bonds. The summed E-state index contributed by atoms with van der Waals surface area (Å²) in [5, 5.41) is 6.05. The van der Waals surface area contributed by atoms with Crippen molar-refractivity contribution in [1.82, 2.24) is 20.3 Å². The fourth-order valence-corrected chi connectivity index (χ4v) is 3.45. The first kappa shape index (κ1) is 15.5. The van der Waals surface area contributed by atoms with Crippen molar-refractivity contribution in [2.75, 3.05) is 0 Å². The van der Waals surface area contributed by atoms with Crippen LogP contribution in [0.1, 0.15) is 16.2 Å². The highest BCUT2D eigenvalue weighted by Crippen LogP contribution is 2.27. The molecule has 2 heterocycles. The maximum absolute atomic E-state index is 12.9. The number of aromatic nitrogens is 3. The number of carbonyl (C=O) groups excluding carboxylic acids is 1. The molecule has 0 radical (unpaired) electrons. The van der Waals surface area contributed by atoms with E-state index in [9.17, 15) is 4.79 Å². The van der Waals surface area contributed by atoms with E-state index in [1.54, 1.807) is 6.20 Å². The van der Waals surface area contributed by atoms with Gasteiger partial charge in [0.1, 0.15) is 5.82 Å². The number of para-hydroxylation sites is 2. The highest BCUT2D eigenvalue weighted by atomic mass is 16.1. The van der Waals surface area contributed by atoms with Crippen molar-refractivity contribution >= 4 is 38.6 Å². The van der Waals surface area contributed by atoms with Gasteiger partial charge in [0.2, 0.25) is 0 Å². The van der Waals surface area contributed by atoms with Crippen LogP contribution in [-0.4, -0.2) is 20.9 Å². The van der Waals surface area contributed by atoms with Gasteiger partial charge in [-0.25, -0.2) is 4.98 Å². The second-order valence-corrected chi connectivity index (χ2v) is 6.43. The average molecular weight is 352 g/mol. The molecule has 0 bridgehead atoms. The molecule has 5 nitrogen and oxygen atoms in total. The SMILES string of the molecule is O=C(NCc1nc2ccccc2[nH]1)c1cc2ccccc2c2cccnc12. The van der Waals surface area contributed by atoms with E-state index in [1.807, 2.05) is 60.7 Å². The highest BCUT2D eigenvalue weighted by molar-refractivity contribution is 6.15. The van der Waals surface area contributed by atoms with Gasteiger partial charge in [0.15, 0.2) is 0 Å². The maximum Gasteiger partial charge on any atom is 0.253 e. The van der Waals surface area contributed by atoms with Crippen LogP contribution in [0.15, 0.2) is 72.9 Å². The van der Waals surface area contributed by atoms with Gasteiger partial charge in [0, 0.05) is 11.6 Å². The lowest BCUT2D eigenvalue weighted by atomic mass is 10.0. The number of hydrogen-bond donors (Lipinski definition) is 2. The number of carbonyl (C=O) groups is 1. The molecule has 0 aliphatic rings. The van der Waals surface area contributed by atoms with E-state index in [0.717, 1.165) is 33.0 Å². The lowest BCUT2D eigenvalue weighted by Crippen LogP contribution is -2.23. The molecular weight excluding hydrogens is 336 g/mol. The second-order valence-electron chi connectivity index (χ2n) is 6.43. The number of nitrogens with one attached hydrogen (secondary N) is 2. The first-order chi connectivity index (χ1) is 13.3. The Morgan fingerprint density at radius 2 is 1.78 bits per heavy atom. The number of benzene rings is 3. The molecular formula is C22H16N4O. The van der Waals surface area contributed by atoms with Crippen molar-refractivity contribution < 1.29 is 4.79 Å². The minimum atomic E-state index is -0.162. The number of hydrogen-bond acceptors (Lipinski definition) is 3. The summed E-state index contributed by atoms with van der Waals surface area (Å²) in [5.41, 5.74) is 3.12. The summed E-state index contributed by atoms with van der Waals surface area (Å²) in [7, 11) is 0. The molecule has 2 N–H and O–H groups in total. The Hall–Kier alpha value is -3.73. The lowest BCUT2D eigenvalue weighted by Gasteiger charge is -2.09. The van der Waals surface area contributed by atoms with Crippen LogP contribution in [0.3, 0.4) is 0 Å². The molecule has 2 aromatic heterocycles. The Kier molecular flexibility index (Phi) is 3.57. The normalized spacial score (nSPS) is 11.3. The van der Waals surface area contributed by atoms with Gasteiger partial charge >= 0.3 is 0 Å². The summed E-state index contributed by atoms with van der Waals surface area (Å²) in [4.78, 5) is 25.1. The lowest BCUT2D eigenvalue weighted by molar-refractivity contribution is 0.0951. The quantitative estimate of drug-likeness (QED) is 0.478. The van der Waals surface area contributed by atoms with E-state index >= 15 is 0 Å². The standard InChI is InChI=1S/C22H16N4O/c27-22(24-13-20-25-18-9-3-4-10-19(18)26-20)17-12-14-6-1-2-7-15(14)16-8-5-11-23-21(16)17/h1-12H,13H2,(H,24,27)(H,25,26). The van der Waals surface area contributed by atoms with Crippen molar-refractivity contribution in [2.45, 2.75) is 6.54 Å². The van der Waals surface area contributed by atoms with Crippen molar-refractivity contribution in [2.24, 2.45) is 0 Å². The van der Waals surface area contributed by atoms with Gasteiger partial charge in [-0.2, -0.15) is 0 Å². The zero-order chi connectivity index (χ0) is 18.2. The van der Waals surface area contributed by atoms with E-state index in [4.69, 9.17) is 0 Å². The fraction of sp³-hybridized carbons (Fsp3) is 0.0455. The molecule has 0 unspecified atom stereocenters. The van der Waals surface area contributed by atoms with Crippen LogP contribution in [0.2, 0.25) is 0 Å². The van der Waals surface area contributed by atoms with E-state index < -0.39 is 0 Å². The maximum atomic E-state index is 12.9. The first-order valence-electron chi connectivity index (χ1n) is 8.78. The number of amides is 1. The Morgan fingerprint density at radius 3 is 2.70 bits per heavy atom. The molecule has 0 spiro atoms. The summed E-state index contributed by atoms with van der Waals surface area (Å²) in [5.74, 6) is 0.563. The van der Waals surface area contributed by atoms with Crippen LogP contribution < -0.4 is 5.32 Å². The zero-order valence-corrected chi connectivity index (χ0v) is 14.4. The number of pyridine rings is 1. The van der Waals surface area contributed by atoms with Crippen LogP contribution in [0.25, 0.3) is 32.7 Å². The fourth-order valence-electron chi connectivity index (χ4n) is 3.45. The molecule has 3 aromatic carbocycles. The van der Waals surface area contributed by atoms with Gasteiger partial charge in [-0.05, 0) is 35.0 Å². The molecule has 0 atom stereocenters. The number of fused-ring (bicyclic) bond motifs is 4. The van der Waals surface area contributed by atoms with Crippen LogP contribution in [0, 0.1) is 0 Å². The Morgan fingerprint density at radius 1 is 0.963 bits per heavy atom. The van der Waals surface area contributed by atoms with E-state index in [0.29, 0.717) is 17.6 Å². The summed E-state index contributed by atoms with van der Waals surface area (Å²) in [6.07, 6.45) is 1.72. The average Bonchev–Trinajstić information content (AvgIpc) is 3.14. The predicted octanol–water partition coefficient (Wildman–Crippen LogP) is 4.19. The summed E-state index contributed by atoms with van der Waals surface area (Å²) < 4.78 is 0. The van der Waals surface area contributed by atoms with Crippen molar-refractivity contribution in [3.63, 3.8) is 0 Å².